The summed E-state index contributed by atoms with van der Waals surface area (Å²) in [4.78, 5) is 38.5. The molecule has 0 unspecified atom stereocenters. The summed E-state index contributed by atoms with van der Waals surface area (Å²) in [6, 6.07) is 0.0238. The summed E-state index contributed by atoms with van der Waals surface area (Å²) in [7, 11) is 0. The van der Waals surface area contributed by atoms with Crippen LogP contribution in [0.3, 0.4) is 0 Å². The third-order valence-corrected chi connectivity index (χ3v) is 4.16. The van der Waals surface area contributed by atoms with Crippen LogP contribution in [0.2, 0.25) is 0 Å². The second-order valence-corrected chi connectivity index (χ2v) is 5.49. The Kier molecular flexibility index (Phi) is 2.84. The van der Waals surface area contributed by atoms with Crippen LogP contribution >= 0.6 is 0 Å². The van der Waals surface area contributed by atoms with Crippen LogP contribution in [0.1, 0.15) is 38.5 Å². The van der Waals surface area contributed by atoms with Gasteiger partial charge < -0.3 is 4.90 Å². The number of piperidine rings is 1. The Morgan fingerprint density at radius 1 is 0.944 bits per heavy atom. The Bertz CT molecular complexity index is 379. The SMILES string of the molecule is O=C(C1CC1)N1CCC(N2C(=O)CCC2=O)CC1. The molecular weight excluding hydrogens is 232 g/mol. The summed E-state index contributed by atoms with van der Waals surface area (Å²) in [6.45, 7) is 1.38. The van der Waals surface area contributed by atoms with E-state index in [9.17, 15) is 14.4 Å². The molecule has 0 spiro atoms. The van der Waals surface area contributed by atoms with Crippen molar-refractivity contribution in [2.75, 3.05) is 13.1 Å². The molecule has 0 N–H and O–H groups in total. The van der Waals surface area contributed by atoms with Gasteiger partial charge in [-0.15, -0.1) is 0 Å². The van der Waals surface area contributed by atoms with Crippen molar-refractivity contribution in [1.29, 1.82) is 0 Å². The van der Waals surface area contributed by atoms with E-state index in [1.807, 2.05) is 4.90 Å². The molecule has 5 nitrogen and oxygen atoms in total. The molecule has 18 heavy (non-hydrogen) atoms. The van der Waals surface area contributed by atoms with E-state index >= 15 is 0 Å². The normalized spacial score (nSPS) is 26.0. The molecule has 2 heterocycles. The molecule has 5 heteroatoms. The molecule has 2 aliphatic heterocycles. The standard InChI is InChI=1S/C13H18N2O3/c16-11-3-4-12(17)15(11)10-5-7-14(8-6-10)13(18)9-1-2-9/h9-10H,1-8H2. The Balaban J connectivity index is 1.57. The Morgan fingerprint density at radius 2 is 1.50 bits per heavy atom. The maximum absolute atomic E-state index is 11.9. The number of imide groups is 1. The minimum atomic E-state index is -0.0352. The van der Waals surface area contributed by atoms with Gasteiger partial charge in [-0.1, -0.05) is 0 Å². The fraction of sp³-hybridized carbons (Fsp3) is 0.769. The maximum Gasteiger partial charge on any atom is 0.229 e. The van der Waals surface area contributed by atoms with Crippen LogP contribution in [-0.2, 0) is 14.4 Å². The molecule has 0 aromatic rings. The van der Waals surface area contributed by atoms with Gasteiger partial charge in [-0.25, -0.2) is 0 Å². The van der Waals surface area contributed by atoms with Crippen molar-refractivity contribution in [3.05, 3.63) is 0 Å². The zero-order valence-corrected chi connectivity index (χ0v) is 10.4. The first-order valence-electron chi connectivity index (χ1n) is 6.80. The molecule has 3 aliphatic rings. The minimum Gasteiger partial charge on any atom is -0.342 e. The van der Waals surface area contributed by atoms with Crippen LogP contribution in [0.25, 0.3) is 0 Å². The van der Waals surface area contributed by atoms with Crippen LogP contribution in [-0.4, -0.2) is 46.7 Å². The topological polar surface area (TPSA) is 57.7 Å². The maximum atomic E-state index is 11.9. The van der Waals surface area contributed by atoms with Gasteiger partial charge in [-0.05, 0) is 25.7 Å². The van der Waals surface area contributed by atoms with Crippen molar-refractivity contribution < 1.29 is 14.4 Å². The lowest BCUT2D eigenvalue weighted by molar-refractivity contribution is -0.143. The van der Waals surface area contributed by atoms with Crippen molar-refractivity contribution in [3.8, 4) is 0 Å². The van der Waals surface area contributed by atoms with Gasteiger partial charge in [0, 0.05) is 37.9 Å². The highest BCUT2D eigenvalue weighted by Crippen LogP contribution is 2.32. The smallest absolute Gasteiger partial charge is 0.229 e. The molecule has 0 aromatic carbocycles. The number of likely N-dealkylation sites (tertiary alicyclic amines) is 2. The molecule has 3 fully saturated rings. The van der Waals surface area contributed by atoms with E-state index in [0.29, 0.717) is 25.9 Å². The van der Waals surface area contributed by atoms with Crippen molar-refractivity contribution in [2.24, 2.45) is 5.92 Å². The molecule has 0 aromatic heterocycles. The number of hydrogen-bond donors (Lipinski definition) is 0. The molecule has 1 saturated carbocycles. The van der Waals surface area contributed by atoms with E-state index < -0.39 is 0 Å². The Morgan fingerprint density at radius 3 is 2.00 bits per heavy atom. The Hall–Kier alpha value is -1.39. The fourth-order valence-corrected chi connectivity index (χ4v) is 2.93. The molecule has 3 rings (SSSR count). The zero-order valence-electron chi connectivity index (χ0n) is 10.4. The van der Waals surface area contributed by atoms with Gasteiger partial charge in [0.25, 0.3) is 0 Å². The van der Waals surface area contributed by atoms with Gasteiger partial charge >= 0.3 is 0 Å². The van der Waals surface area contributed by atoms with E-state index in [-0.39, 0.29) is 29.7 Å². The van der Waals surface area contributed by atoms with Crippen molar-refractivity contribution in [1.82, 2.24) is 9.80 Å². The van der Waals surface area contributed by atoms with Gasteiger partial charge in [0.2, 0.25) is 17.7 Å². The Labute approximate surface area is 106 Å². The number of nitrogens with zero attached hydrogens (tertiary/aromatic N) is 2. The summed E-state index contributed by atoms with van der Waals surface area (Å²) in [5.74, 6) is 0.461. The van der Waals surface area contributed by atoms with Crippen LogP contribution < -0.4 is 0 Å². The molecule has 0 radical (unpaired) electrons. The lowest BCUT2D eigenvalue weighted by Crippen LogP contribution is -2.48. The van der Waals surface area contributed by atoms with E-state index in [2.05, 4.69) is 0 Å². The predicted molar refractivity (Wildman–Crippen MR) is 63.4 cm³/mol. The van der Waals surface area contributed by atoms with Gasteiger partial charge in [0.05, 0.1) is 0 Å². The largest absolute Gasteiger partial charge is 0.342 e. The van der Waals surface area contributed by atoms with Crippen LogP contribution in [0.5, 0.6) is 0 Å². The summed E-state index contributed by atoms with van der Waals surface area (Å²) in [5.41, 5.74) is 0. The van der Waals surface area contributed by atoms with Crippen LogP contribution in [0, 0.1) is 5.92 Å². The number of hydrogen-bond acceptors (Lipinski definition) is 3. The van der Waals surface area contributed by atoms with Gasteiger partial charge in [-0.3, -0.25) is 19.3 Å². The summed E-state index contributed by atoms with van der Waals surface area (Å²) >= 11 is 0. The second kappa shape index (κ2) is 4.37. The molecule has 0 bridgehead atoms. The monoisotopic (exact) mass is 250 g/mol. The summed E-state index contributed by atoms with van der Waals surface area (Å²) < 4.78 is 0. The van der Waals surface area contributed by atoms with Crippen LogP contribution in [0.4, 0.5) is 0 Å². The molecule has 98 valence electrons. The molecule has 3 amide bonds. The van der Waals surface area contributed by atoms with Gasteiger partial charge in [-0.2, -0.15) is 0 Å². The van der Waals surface area contributed by atoms with E-state index in [4.69, 9.17) is 0 Å². The van der Waals surface area contributed by atoms with Crippen molar-refractivity contribution >= 4 is 17.7 Å². The van der Waals surface area contributed by atoms with Crippen molar-refractivity contribution in [2.45, 2.75) is 44.6 Å². The first-order chi connectivity index (χ1) is 8.66. The number of carbonyl (C=O) groups excluding carboxylic acids is 3. The predicted octanol–water partition coefficient (Wildman–Crippen LogP) is 0.536. The number of amides is 3. The molecule has 0 atom stereocenters. The highest BCUT2D eigenvalue weighted by atomic mass is 16.2. The molecule has 2 saturated heterocycles. The summed E-state index contributed by atoms with van der Waals surface area (Å²) in [6.07, 6.45) is 4.27. The average molecular weight is 250 g/mol. The third-order valence-electron chi connectivity index (χ3n) is 4.16. The lowest BCUT2D eigenvalue weighted by Gasteiger charge is -2.35. The highest BCUT2D eigenvalue weighted by Gasteiger charge is 2.39. The van der Waals surface area contributed by atoms with E-state index in [0.717, 1.165) is 25.7 Å². The third kappa shape index (κ3) is 2.02. The average Bonchev–Trinajstić information content (AvgIpc) is 3.16. The van der Waals surface area contributed by atoms with E-state index in [1.165, 1.54) is 4.90 Å². The first kappa shape index (κ1) is 11.7. The molecule has 1 aliphatic carbocycles. The van der Waals surface area contributed by atoms with Crippen molar-refractivity contribution in [3.63, 3.8) is 0 Å². The highest BCUT2D eigenvalue weighted by molar-refractivity contribution is 6.02. The minimum absolute atomic E-state index is 0.0238. The number of carbonyl (C=O) groups is 3. The van der Waals surface area contributed by atoms with Gasteiger partial charge in [0.15, 0.2) is 0 Å². The quantitative estimate of drug-likeness (QED) is 0.672. The second-order valence-electron chi connectivity index (χ2n) is 5.49. The van der Waals surface area contributed by atoms with Crippen LogP contribution in [0.15, 0.2) is 0 Å². The lowest BCUT2D eigenvalue weighted by atomic mass is 10.0. The molecular formula is C13H18N2O3. The zero-order chi connectivity index (χ0) is 12.7. The fourth-order valence-electron chi connectivity index (χ4n) is 2.93. The van der Waals surface area contributed by atoms with Gasteiger partial charge in [0.1, 0.15) is 0 Å². The summed E-state index contributed by atoms with van der Waals surface area (Å²) in [5, 5.41) is 0. The van der Waals surface area contributed by atoms with E-state index in [1.54, 1.807) is 0 Å². The number of rotatable bonds is 2. The first-order valence-corrected chi connectivity index (χ1v) is 6.80.